The standard InChI is InChI=1S/C17H18F3N7S/c1-11-22-5-6-27(11)14-4-3-12(7-23-14)8-24-16(21-2)25-9-15-26-13(10-28-15)17(18,19)20/h3-7,10H,8-9H2,1-2H3,(H2,21,24,25). The Morgan fingerprint density at radius 1 is 1.21 bits per heavy atom. The average Bonchev–Trinajstić information content (AvgIpc) is 3.31. The largest absolute Gasteiger partial charge is 0.434 e. The van der Waals surface area contributed by atoms with E-state index >= 15 is 0 Å². The van der Waals surface area contributed by atoms with Crippen LogP contribution in [0.15, 0.2) is 41.1 Å². The van der Waals surface area contributed by atoms with Crippen LogP contribution in [0.5, 0.6) is 0 Å². The first-order valence-electron chi connectivity index (χ1n) is 8.28. The minimum absolute atomic E-state index is 0.150. The second kappa shape index (κ2) is 8.38. The van der Waals surface area contributed by atoms with Crippen molar-refractivity contribution >= 4 is 17.3 Å². The molecule has 0 fully saturated rings. The fourth-order valence-electron chi connectivity index (χ4n) is 2.37. The highest BCUT2D eigenvalue weighted by atomic mass is 32.1. The van der Waals surface area contributed by atoms with E-state index in [2.05, 4.69) is 30.6 Å². The molecule has 0 spiro atoms. The highest BCUT2D eigenvalue weighted by molar-refractivity contribution is 7.09. The van der Waals surface area contributed by atoms with Gasteiger partial charge in [-0.1, -0.05) is 6.07 Å². The molecule has 0 saturated carbocycles. The summed E-state index contributed by atoms with van der Waals surface area (Å²) in [7, 11) is 1.58. The van der Waals surface area contributed by atoms with Crippen LogP contribution in [0, 0.1) is 6.92 Å². The van der Waals surface area contributed by atoms with Crippen LogP contribution < -0.4 is 10.6 Å². The van der Waals surface area contributed by atoms with Crippen LogP contribution in [-0.2, 0) is 19.3 Å². The number of aliphatic imine (C=N–C) groups is 1. The summed E-state index contributed by atoms with van der Waals surface area (Å²) >= 11 is 0.951. The summed E-state index contributed by atoms with van der Waals surface area (Å²) in [5, 5.41) is 7.37. The fraction of sp³-hybridized carbons (Fsp3) is 0.294. The van der Waals surface area contributed by atoms with Gasteiger partial charge in [0.1, 0.15) is 16.6 Å². The lowest BCUT2D eigenvalue weighted by atomic mass is 10.3. The maximum atomic E-state index is 12.6. The van der Waals surface area contributed by atoms with Crippen molar-refractivity contribution < 1.29 is 13.2 Å². The molecule has 0 bridgehead atoms. The summed E-state index contributed by atoms with van der Waals surface area (Å²) in [6, 6.07) is 3.81. The normalized spacial score (nSPS) is 12.2. The van der Waals surface area contributed by atoms with Crippen molar-refractivity contribution in [3.05, 3.63) is 58.2 Å². The van der Waals surface area contributed by atoms with Crippen molar-refractivity contribution in [2.45, 2.75) is 26.2 Å². The second-order valence-corrected chi connectivity index (χ2v) is 6.72. The maximum absolute atomic E-state index is 12.6. The first-order valence-corrected chi connectivity index (χ1v) is 9.16. The third-order valence-electron chi connectivity index (χ3n) is 3.81. The van der Waals surface area contributed by atoms with E-state index in [-0.39, 0.29) is 6.54 Å². The van der Waals surface area contributed by atoms with Crippen molar-refractivity contribution in [3.8, 4) is 5.82 Å². The van der Waals surface area contributed by atoms with Gasteiger partial charge in [-0.05, 0) is 18.6 Å². The number of hydrogen-bond donors (Lipinski definition) is 2. The summed E-state index contributed by atoms with van der Waals surface area (Å²) in [4.78, 5) is 16.2. The molecule has 0 aliphatic heterocycles. The van der Waals surface area contributed by atoms with Crippen LogP contribution >= 0.6 is 11.3 Å². The Balaban J connectivity index is 1.53. The van der Waals surface area contributed by atoms with Crippen molar-refractivity contribution in [1.82, 2.24) is 30.2 Å². The number of nitrogens with one attached hydrogen (secondary N) is 2. The van der Waals surface area contributed by atoms with Gasteiger partial charge in [0.15, 0.2) is 11.7 Å². The molecule has 0 radical (unpaired) electrons. The average molecular weight is 409 g/mol. The molecule has 3 aromatic rings. The molecule has 0 aliphatic carbocycles. The topological polar surface area (TPSA) is 80.0 Å². The second-order valence-electron chi connectivity index (χ2n) is 5.77. The zero-order chi connectivity index (χ0) is 20.1. The van der Waals surface area contributed by atoms with Crippen LogP contribution in [0.2, 0.25) is 0 Å². The molecule has 2 N–H and O–H groups in total. The van der Waals surface area contributed by atoms with Gasteiger partial charge in [0.2, 0.25) is 0 Å². The molecule has 0 saturated heterocycles. The summed E-state index contributed by atoms with van der Waals surface area (Å²) in [6.45, 7) is 2.51. The number of rotatable bonds is 5. The Bertz CT molecular complexity index is 944. The van der Waals surface area contributed by atoms with E-state index < -0.39 is 11.9 Å². The van der Waals surface area contributed by atoms with Crippen LogP contribution in [-0.4, -0.2) is 32.5 Å². The van der Waals surface area contributed by atoms with Gasteiger partial charge in [-0.25, -0.2) is 15.0 Å². The number of aryl methyl sites for hydroxylation is 1. The van der Waals surface area contributed by atoms with Crippen molar-refractivity contribution in [2.75, 3.05) is 7.05 Å². The van der Waals surface area contributed by atoms with E-state index in [1.807, 2.05) is 29.8 Å². The molecule has 0 aliphatic rings. The molecule has 0 amide bonds. The van der Waals surface area contributed by atoms with E-state index in [1.165, 1.54) is 0 Å². The van der Waals surface area contributed by atoms with E-state index in [1.54, 1.807) is 19.4 Å². The van der Waals surface area contributed by atoms with Crippen LogP contribution in [0.3, 0.4) is 0 Å². The van der Waals surface area contributed by atoms with Crippen LogP contribution in [0.1, 0.15) is 22.1 Å². The number of aromatic nitrogens is 4. The minimum atomic E-state index is -4.43. The predicted molar refractivity (Wildman–Crippen MR) is 100 cm³/mol. The van der Waals surface area contributed by atoms with Gasteiger partial charge in [-0.15, -0.1) is 11.3 Å². The zero-order valence-electron chi connectivity index (χ0n) is 15.2. The van der Waals surface area contributed by atoms with E-state index in [0.717, 1.165) is 33.9 Å². The zero-order valence-corrected chi connectivity index (χ0v) is 16.0. The molecule has 148 valence electrons. The highest BCUT2D eigenvalue weighted by Gasteiger charge is 2.33. The summed E-state index contributed by atoms with van der Waals surface area (Å²) in [6.07, 6.45) is 0.862. The van der Waals surface area contributed by atoms with Gasteiger partial charge >= 0.3 is 6.18 Å². The molecular formula is C17H18F3N7S. The summed E-state index contributed by atoms with van der Waals surface area (Å²) in [5.74, 6) is 2.07. The van der Waals surface area contributed by atoms with Gasteiger partial charge in [-0.3, -0.25) is 9.56 Å². The number of hydrogen-bond acceptors (Lipinski definition) is 5. The Labute approximate surface area is 163 Å². The highest BCUT2D eigenvalue weighted by Crippen LogP contribution is 2.29. The lowest BCUT2D eigenvalue weighted by molar-refractivity contribution is -0.140. The van der Waals surface area contributed by atoms with E-state index in [4.69, 9.17) is 0 Å². The quantitative estimate of drug-likeness (QED) is 0.500. The van der Waals surface area contributed by atoms with Crippen molar-refractivity contribution in [2.24, 2.45) is 4.99 Å². The first kappa shape index (κ1) is 19.8. The smallest absolute Gasteiger partial charge is 0.352 e. The van der Waals surface area contributed by atoms with Crippen molar-refractivity contribution in [3.63, 3.8) is 0 Å². The lowest BCUT2D eigenvalue weighted by Gasteiger charge is -2.11. The first-order chi connectivity index (χ1) is 13.4. The Kier molecular flexibility index (Phi) is 5.93. The SMILES string of the molecule is CN=C(NCc1ccc(-n2ccnc2C)nc1)NCc1nc(C(F)(F)F)cs1. The third-order valence-corrected chi connectivity index (χ3v) is 4.66. The molecule has 3 rings (SSSR count). The summed E-state index contributed by atoms with van der Waals surface area (Å²) in [5.41, 5.74) is 0.0506. The van der Waals surface area contributed by atoms with Gasteiger partial charge in [0.25, 0.3) is 0 Å². The minimum Gasteiger partial charge on any atom is -0.352 e. The number of guanidine groups is 1. The number of pyridine rings is 1. The molecule has 7 nitrogen and oxygen atoms in total. The molecule has 0 atom stereocenters. The monoisotopic (exact) mass is 409 g/mol. The molecule has 3 heterocycles. The number of thiazole rings is 1. The third kappa shape index (κ3) is 4.85. The summed E-state index contributed by atoms with van der Waals surface area (Å²) < 4.78 is 39.7. The molecule has 28 heavy (non-hydrogen) atoms. The number of halogens is 3. The van der Waals surface area contributed by atoms with Crippen molar-refractivity contribution in [1.29, 1.82) is 0 Å². The number of nitrogens with zero attached hydrogens (tertiary/aromatic N) is 5. The molecule has 0 aromatic carbocycles. The molecule has 3 aromatic heterocycles. The molecule has 0 unspecified atom stereocenters. The van der Waals surface area contributed by atoms with Crippen LogP contribution in [0.4, 0.5) is 13.2 Å². The van der Waals surface area contributed by atoms with Gasteiger partial charge in [-0.2, -0.15) is 13.2 Å². The Morgan fingerprint density at radius 3 is 2.57 bits per heavy atom. The Hall–Kier alpha value is -2.95. The van der Waals surface area contributed by atoms with Crippen LogP contribution in [0.25, 0.3) is 5.82 Å². The number of alkyl halides is 3. The lowest BCUT2D eigenvalue weighted by Crippen LogP contribution is -2.36. The van der Waals surface area contributed by atoms with E-state index in [9.17, 15) is 13.2 Å². The Morgan fingerprint density at radius 2 is 2.00 bits per heavy atom. The van der Waals surface area contributed by atoms with E-state index in [0.29, 0.717) is 17.5 Å². The van der Waals surface area contributed by atoms with Gasteiger partial charge < -0.3 is 10.6 Å². The molecule has 11 heteroatoms. The maximum Gasteiger partial charge on any atom is 0.434 e. The molecular weight excluding hydrogens is 391 g/mol. The van der Waals surface area contributed by atoms with Gasteiger partial charge in [0, 0.05) is 37.6 Å². The number of imidazole rings is 1. The predicted octanol–water partition coefficient (Wildman–Crippen LogP) is 2.92. The fourth-order valence-corrected chi connectivity index (χ4v) is 3.11. The van der Waals surface area contributed by atoms with Gasteiger partial charge in [0.05, 0.1) is 6.54 Å².